The third-order valence-corrected chi connectivity index (χ3v) is 3.98. The second-order valence-corrected chi connectivity index (χ2v) is 6.89. The van der Waals surface area contributed by atoms with Gasteiger partial charge in [-0.2, -0.15) is 13.2 Å². The number of benzene rings is 1. The van der Waals surface area contributed by atoms with E-state index in [2.05, 4.69) is 10.3 Å². The van der Waals surface area contributed by atoms with Crippen LogP contribution in [0, 0.1) is 5.92 Å². The lowest BCUT2D eigenvalue weighted by Crippen LogP contribution is -2.18. The van der Waals surface area contributed by atoms with Gasteiger partial charge in [-0.25, -0.2) is 4.98 Å². The fraction of sp³-hybridized carbons (Fsp3) is 0.381. The van der Waals surface area contributed by atoms with Gasteiger partial charge in [0.2, 0.25) is 5.91 Å². The molecule has 1 aromatic carbocycles. The van der Waals surface area contributed by atoms with Gasteiger partial charge in [-0.15, -0.1) is 0 Å². The van der Waals surface area contributed by atoms with E-state index in [0.29, 0.717) is 23.6 Å². The van der Waals surface area contributed by atoms with Gasteiger partial charge in [0, 0.05) is 24.1 Å². The van der Waals surface area contributed by atoms with Gasteiger partial charge in [-0.05, 0) is 36.2 Å². The topological polar surface area (TPSA) is 68.3 Å². The lowest BCUT2D eigenvalue weighted by molar-refractivity contribution is -0.127. The van der Waals surface area contributed by atoms with Crippen LogP contribution in [0.2, 0.25) is 0 Å². The van der Waals surface area contributed by atoms with Crippen LogP contribution in [0.1, 0.15) is 42.6 Å². The number of alkyl halides is 3. The van der Waals surface area contributed by atoms with Gasteiger partial charge < -0.3 is 10.1 Å². The smallest absolute Gasteiger partial charge is 0.393 e. The molecule has 0 saturated carbocycles. The molecule has 2 aromatic rings. The summed E-state index contributed by atoms with van der Waals surface area (Å²) in [5.74, 6) is 0.113. The average Bonchev–Trinajstić information content (AvgIpc) is 2.64. The molecule has 1 N–H and O–H groups in total. The molecule has 0 saturated heterocycles. The first kappa shape index (κ1) is 22.4. The minimum Gasteiger partial charge on any atom is -0.494 e. The van der Waals surface area contributed by atoms with Gasteiger partial charge in [0.25, 0.3) is 0 Å². The molecule has 0 spiro atoms. The molecule has 0 radical (unpaired) electrons. The lowest BCUT2D eigenvalue weighted by atomic mass is 10.1. The van der Waals surface area contributed by atoms with Crippen LogP contribution in [-0.2, 0) is 11.2 Å². The third kappa shape index (κ3) is 7.93. The SMILES string of the molecule is CC(C)C(=O)Nc1cc(C(=O)CCCOc2cccc(CC(F)(F)F)c2)ccn1. The predicted molar refractivity (Wildman–Crippen MR) is 103 cm³/mol. The molecular formula is C21H23F3N2O3. The molecule has 8 heteroatoms. The summed E-state index contributed by atoms with van der Waals surface area (Å²) in [4.78, 5) is 28.1. The summed E-state index contributed by atoms with van der Waals surface area (Å²) in [6.07, 6.45) is -3.24. The van der Waals surface area contributed by atoms with E-state index in [1.54, 1.807) is 26.0 Å². The van der Waals surface area contributed by atoms with Crippen LogP contribution in [0.25, 0.3) is 0 Å². The fourth-order valence-corrected chi connectivity index (χ4v) is 2.49. The van der Waals surface area contributed by atoms with Crippen molar-refractivity contribution in [3.05, 3.63) is 53.7 Å². The standard InChI is InChI=1S/C21H23F3N2O3/c1-14(2)20(28)26-19-12-16(8-9-25-19)18(27)7-4-10-29-17-6-3-5-15(11-17)13-21(22,23)24/h3,5-6,8-9,11-12,14H,4,7,10,13H2,1-2H3,(H,25,26,28). The van der Waals surface area contributed by atoms with Crippen LogP contribution >= 0.6 is 0 Å². The van der Waals surface area contributed by atoms with E-state index in [0.717, 1.165) is 0 Å². The van der Waals surface area contributed by atoms with Crippen molar-refractivity contribution in [1.29, 1.82) is 0 Å². The number of carbonyl (C=O) groups excluding carboxylic acids is 2. The number of nitrogens with one attached hydrogen (secondary N) is 1. The molecule has 156 valence electrons. The number of anilines is 1. The van der Waals surface area contributed by atoms with Crippen LogP contribution in [0.3, 0.4) is 0 Å². The summed E-state index contributed by atoms with van der Waals surface area (Å²) in [5.41, 5.74) is 0.546. The normalized spacial score (nSPS) is 11.4. The third-order valence-electron chi connectivity index (χ3n) is 3.98. The zero-order chi connectivity index (χ0) is 21.4. The van der Waals surface area contributed by atoms with E-state index >= 15 is 0 Å². The van der Waals surface area contributed by atoms with Gasteiger partial charge >= 0.3 is 6.18 Å². The summed E-state index contributed by atoms with van der Waals surface area (Å²) in [6.45, 7) is 3.70. The molecule has 0 atom stereocenters. The Morgan fingerprint density at radius 1 is 1.17 bits per heavy atom. The highest BCUT2D eigenvalue weighted by Crippen LogP contribution is 2.23. The summed E-state index contributed by atoms with van der Waals surface area (Å²) < 4.78 is 42.8. The lowest BCUT2D eigenvalue weighted by Gasteiger charge is -2.10. The molecule has 0 aliphatic heterocycles. The molecular weight excluding hydrogens is 385 g/mol. The van der Waals surface area contributed by atoms with E-state index in [9.17, 15) is 22.8 Å². The van der Waals surface area contributed by atoms with Gasteiger partial charge in [0.05, 0.1) is 13.0 Å². The minimum absolute atomic E-state index is 0.124. The Morgan fingerprint density at radius 3 is 2.62 bits per heavy atom. The number of ketones is 1. The fourth-order valence-electron chi connectivity index (χ4n) is 2.49. The molecule has 2 rings (SSSR count). The Bertz CT molecular complexity index is 851. The molecule has 1 amide bonds. The summed E-state index contributed by atoms with van der Waals surface area (Å²) in [6, 6.07) is 8.91. The van der Waals surface area contributed by atoms with E-state index in [-0.39, 0.29) is 36.2 Å². The number of carbonyl (C=O) groups is 2. The van der Waals surface area contributed by atoms with Crippen molar-refractivity contribution in [2.75, 3.05) is 11.9 Å². The second-order valence-electron chi connectivity index (χ2n) is 6.89. The van der Waals surface area contributed by atoms with Crippen molar-refractivity contribution in [3.8, 4) is 5.75 Å². The molecule has 0 aliphatic carbocycles. The van der Waals surface area contributed by atoms with Crippen molar-refractivity contribution in [1.82, 2.24) is 4.98 Å². The molecule has 5 nitrogen and oxygen atoms in total. The molecule has 0 fully saturated rings. The minimum atomic E-state index is -4.27. The number of nitrogens with zero attached hydrogens (tertiary/aromatic N) is 1. The maximum absolute atomic E-state index is 12.5. The van der Waals surface area contributed by atoms with E-state index < -0.39 is 12.6 Å². The zero-order valence-corrected chi connectivity index (χ0v) is 16.3. The number of rotatable bonds is 9. The van der Waals surface area contributed by atoms with Crippen molar-refractivity contribution < 1.29 is 27.5 Å². The largest absolute Gasteiger partial charge is 0.494 e. The monoisotopic (exact) mass is 408 g/mol. The number of ether oxygens (including phenoxy) is 1. The number of aromatic nitrogens is 1. The van der Waals surface area contributed by atoms with Crippen LogP contribution < -0.4 is 10.1 Å². The van der Waals surface area contributed by atoms with Crippen molar-refractivity contribution in [3.63, 3.8) is 0 Å². The maximum atomic E-state index is 12.5. The first-order valence-electron chi connectivity index (χ1n) is 9.22. The van der Waals surface area contributed by atoms with Gasteiger partial charge in [0.1, 0.15) is 11.6 Å². The molecule has 1 heterocycles. The number of pyridine rings is 1. The number of amides is 1. The van der Waals surface area contributed by atoms with Gasteiger partial charge in [0.15, 0.2) is 5.78 Å². The number of Topliss-reactive ketones (excluding diaryl/α,β-unsaturated/α-hetero) is 1. The van der Waals surface area contributed by atoms with Crippen LogP contribution in [-0.4, -0.2) is 29.5 Å². The first-order chi connectivity index (χ1) is 13.6. The van der Waals surface area contributed by atoms with E-state index in [1.807, 2.05) is 0 Å². The average molecular weight is 408 g/mol. The zero-order valence-electron chi connectivity index (χ0n) is 16.3. The number of hydrogen-bond acceptors (Lipinski definition) is 4. The molecule has 0 bridgehead atoms. The number of hydrogen-bond donors (Lipinski definition) is 1. The highest BCUT2D eigenvalue weighted by molar-refractivity contribution is 5.98. The maximum Gasteiger partial charge on any atom is 0.393 e. The van der Waals surface area contributed by atoms with Gasteiger partial charge in [-0.3, -0.25) is 9.59 Å². The van der Waals surface area contributed by atoms with Gasteiger partial charge in [-0.1, -0.05) is 26.0 Å². The van der Waals surface area contributed by atoms with Crippen molar-refractivity contribution >= 4 is 17.5 Å². The van der Waals surface area contributed by atoms with E-state index in [4.69, 9.17) is 4.74 Å². The molecule has 0 unspecified atom stereocenters. The Kier molecular flexibility index (Phi) is 7.75. The molecule has 1 aromatic heterocycles. The Hall–Kier alpha value is -2.90. The summed E-state index contributed by atoms with van der Waals surface area (Å²) in [5, 5.41) is 2.64. The quantitative estimate of drug-likeness (QED) is 0.477. The Balaban J connectivity index is 1.83. The highest BCUT2D eigenvalue weighted by Gasteiger charge is 2.27. The van der Waals surface area contributed by atoms with Crippen LogP contribution in [0.5, 0.6) is 5.75 Å². The molecule has 0 aliphatic rings. The van der Waals surface area contributed by atoms with Crippen LogP contribution in [0.15, 0.2) is 42.6 Å². The highest BCUT2D eigenvalue weighted by atomic mass is 19.4. The number of halogens is 3. The summed E-state index contributed by atoms with van der Waals surface area (Å²) in [7, 11) is 0. The Morgan fingerprint density at radius 2 is 1.93 bits per heavy atom. The summed E-state index contributed by atoms with van der Waals surface area (Å²) >= 11 is 0. The van der Waals surface area contributed by atoms with Crippen molar-refractivity contribution in [2.45, 2.75) is 39.3 Å². The van der Waals surface area contributed by atoms with Crippen molar-refractivity contribution in [2.24, 2.45) is 5.92 Å². The van der Waals surface area contributed by atoms with E-state index in [1.165, 1.54) is 30.5 Å². The molecule has 29 heavy (non-hydrogen) atoms. The first-order valence-corrected chi connectivity index (χ1v) is 9.22. The van der Waals surface area contributed by atoms with Crippen LogP contribution in [0.4, 0.5) is 19.0 Å². The Labute approximate surface area is 167 Å². The second kappa shape index (κ2) is 10.0. The predicted octanol–water partition coefficient (Wildman–Crippen LogP) is 4.82.